The first-order valence-electron chi connectivity index (χ1n) is 6.29. The molecule has 1 aliphatic heterocycles. The summed E-state index contributed by atoms with van der Waals surface area (Å²) in [4.78, 5) is 6.78. The second-order valence-electron chi connectivity index (χ2n) is 4.54. The van der Waals surface area contributed by atoms with Gasteiger partial charge < -0.3 is 15.4 Å². The number of anilines is 1. The third-order valence-corrected chi connectivity index (χ3v) is 3.13. The van der Waals surface area contributed by atoms with Crippen molar-refractivity contribution in [1.82, 2.24) is 4.98 Å². The number of piperidine rings is 1. The van der Waals surface area contributed by atoms with Crippen LogP contribution in [0.15, 0.2) is 18.3 Å². The Morgan fingerprint density at radius 3 is 2.76 bits per heavy atom. The summed E-state index contributed by atoms with van der Waals surface area (Å²) in [5.74, 6) is 1.08. The topological polar surface area (TPSA) is 51.4 Å². The van der Waals surface area contributed by atoms with E-state index in [9.17, 15) is 0 Å². The van der Waals surface area contributed by atoms with Crippen molar-refractivity contribution in [2.45, 2.75) is 25.9 Å². The van der Waals surface area contributed by atoms with Crippen LogP contribution in [-0.2, 0) is 4.74 Å². The molecule has 2 heterocycles. The van der Waals surface area contributed by atoms with Gasteiger partial charge in [-0.2, -0.15) is 0 Å². The van der Waals surface area contributed by atoms with E-state index >= 15 is 0 Å². The monoisotopic (exact) mass is 235 g/mol. The van der Waals surface area contributed by atoms with E-state index in [-0.39, 0.29) is 0 Å². The van der Waals surface area contributed by atoms with Crippen molar-refractivity contribution in [1.29, 1.82) is 0 Å². The number of nitrogens with two attached hydrogens (primary N) is 1. The van der Waals surface area contributed by atoms with E-state index < -0.39 is 0 Å². The van der Waals surface area contributed by atoms with Crippen LogP contribution >= 0.6 is 0 Å². The predicted octanol–water partition coefficient (Wildman–Crippen LogP) is 1.33. The number of pyridine rings is 1. The summed E-state index contributed by atoms with van der Waals surface area (Å²) in [6.07, 6.45) is 4.43. The molecule has 0 bridgehead atoms. The minimum atomic E-state index is 0.375. The highest BCUT2D eigenvalue weighted by atomic mass is 16.5. The summed E-state index contributed by atoms with van der Waals surface area (Å²) in [7, 11) is 0. The van der Waals surface area contributed by atoms with Gasteiger partial charge in [-0.3, -0.25) is 0 Å². The second-order valence-corrected chi connectivity index (χ2v) is 4.54. The van der Waals surface area contributed by atoms with Crippen LogP contribution in [0.5, 0.6) is 0 Å². The highest BCUT2D eigenvalue weighted by Crippen LogP contribution is 2.19. The molecule has 0 radical (unpaired) electrons. The first-order chi connectivity index (χ1) is 8.29. The molecule has 0 aliphatic carbocycles. The largest absolute Gasteiger partial charge is 0.377 e. The number of nitrogens with zero attached hydrogens (tertiary/aromatic N) is 2. The Balaban J connectivity index is 1.84. The zero-order chi connectivity index (χ0) is 12.1. The molecule has 4 nitrogen and oxygen atoms in total. The summed E-state index contributed by atoms with van der Waals surface area (Å²) in [5, 5.41) is 0. The van der Waals surface area contributed by atoms with Gasteiger partial charge in [0.25, 0.3) is 0 Å². The second kappa shape index (κ2) is 5.98. The van der Waals surface area contributed by atoms with Crippen molar-refractivity contribution in [3.05, 3.63) is 23.9 Å². The molecule has 94 valence electrons. The molecule has 1 aromatic rings. The van der Waals surface area contributed by atoms with Crippen LogP contribution in [0.2, 0.25) is 0 Å². The van der Waals surface area contributed by atoms with Gasteiger partial charge in [-0.1, -0.05) is 6.07 Å². The SMILES string of the molecule is Cc1ccc(N2CCC(OCCN)CC2)nc1. The van der Waals surface area contributed by atoms with Crippen molar-refractivity contribution >= 4 is 5.82 Å². The summed E-state index contributed by atoms with van der Waals surface area (Å²) in [6.45, 7) is 5.38. The van der Waals surface area contributed by atoms with Gasteiger partial charge in [0.1, 0.15) is 5.82 Å². The van der Waals surface area contributed by atoms with E-state index in [2.05, 4.69) is 28.9 Å². The maximum Gasteiger partial charge on any atom is 0.128 e. The third kappa shape index (κ3) is 3.41. The van der Waals surface area contributed by atoms with Crippen LogP contribution < -0.4 is 10.6 Å². The van der Waals surface area contributed by atoms with Gasteiger partial charge >= 0.3 is 0 Å². The number of aryl methyl sites for hydroxylation is 1. The van der Waals surface area contributed by atoms with Gasteiger partial charge in [0.05, 0.1) is 12.7 Å². The maximum atomic E-state index is 5.66. The van der Waals surface area contributed by atoms with Gasteiger partial charge in [-0.15, -0.1) is 0 Å². The fraction of sp³-hybridized carbons (Fsp3) is 0.615. The molecule has 0 atom stereocenters. The Bertz CT molecular complexity index is 331. The fourth-order valence-corrected chi connectivity index (χ4v) is 2.13. The average molecular weight is 235 g/mol. The predicted molar refractivity (Wildman–Crippen MR) is 69.2 cm³/mol. The number of aromatic nitrogens is 1. The van der Waals surface area contributed by atoms with Gasteiger partial charge in [0, 0.05) is 25.8 Å². The molecule has 1 aromatic heterocycles. The number of ether oxygens (including phenoxy) is 1. The van der Waals surface area contributed by atoms with Crippen LogP contribution in [0.3, 0.4) is 0 Å². The van der Waals surface area contributed by atoms with Crippen molar-refractivity contribution in [2.24, 2.45) is 5.73 Å². The molecular formula is C13H21N3O. The van der Waals surface area contributed by atoms with Crippen molar-refractivity contribution < 1.29 is 4.74 Å². The van der Waals surface area contributed by atoms with Crippen LogP contribution in [0.1, 0.15) is 18.4 Å². The Labute approximate surface area is 103 Å². The molecule has 0 saturated carbocycles. The molecule has 1 fully saturated rings. The van der Waals surface area contributed by atoms with Gasteiger partial charge in [-0.25, -0.2) is 4.98 Å². The molecule has 0 spiro atoms. The number of hydrogen-bond acceptors (Lipinski definition) is 4. The van der Waals surface area contributed by atoms with E-state index in [1.165, 1.54) is 5.56 Å². The molecule has 2 rings (SSSR count). The first kappa shape index (κ1) is 12.3. The van der Waals surface area contributed by atoms with Crippen molar-refractivity contribution in [2.75, 3.05) is 31.1 Å². The Morgan fingerprint density at radius 1 is 1.41 bits per heavy atom. The Morgan fingerprint density at radius 2 is 2.18 bits per heavy atom. The van der Waals surface area contributed by atoms with Gasteiger partial charge in [0.2, 0.25) is 0 Å². The fourth-order valence-electron chi connectivity index (χ4n) is 2.13. The number of hydrogen-bond donors (Lipinski definition) is 1. The average Bonchev–Trinajstić information content (AvgIpc) is 2.38. The quantitative estimate of drug-likeness (QED) is 0.855. The molecule has 4 heteroatoms. The normalized spacial score (nSPS) is 17.4. The van der Waals surface area contributed by atoms with Crippen LogP contribution in [0.25, 0.3) is 0 Å². The lowest BCUT2D eigenvalue weighted by Gasteiger charge is -2.32. The molecule has 1 saturated heterocycles. The standard InChI is InChI=1S/C13H21N3O/c1-11-2-3-13(15-10-11)16-7-4-12(5-8-16)17-9-6-14/h2-3,10,12H,4-9,14H2,1H3. The zero-order valence-electron chi connectivity index (χ0n) is 10.4. The lowest BCUT2D eigenvalue weighted by molar-refractivity contribution is 0.0421. The summed E-state index contributed by atoms with van der Waals surface area (Å²) >= 11 is 0. The summed E-state index contributed by atoms with van der Waals surface area (Å²) in [6, 6.07) is 4.20. The van der Waals surface area contributed by atoms with Crippen LogP contribution in [0, 0.1) is 6.92 Å². The van der Waals surface area contributed by atoms with Gasteiger partial charge in [-0.05, 0) is 31.4 Å². The zero-order valence-corrected chi connectivity index (χ0v) is 10.4. The maximum absolute atomic E-state index is 5.66. The molecule has 1 aliphatic rings. The van der Waals surface area contributed by atoms with Crippen LogP contribution in [-0.4, -0.2) is 37.3 Å². The lowest BCUT2D eigenvalue weighted by Crippen LogP contribution is -2.38. The molecule has 0 aromatic carbocycles. The third-order valence-electron chi connectivity index (χ3n) is 3.13. The van der Waals surface area contributed by atoms with E-state index in [0.717, 1.165) is 31.7 Å². The van der Waals surface area contributed by atoms with Crippen LogP contribution in [0.4, 0.5) is 5.82 Å². The minimum Gasteiger partial charge on any atom is -0.377 e. The Hall–Kier alpha value is -1.13. The highest BCUT2D eigenvalue weighted by molar-refractivity contribution is 5.39. The first-order valence-corrected chi connectivity index (χ1v) is 6.29. The molecule has 0 unspecified atom stereocenters. The molecule has 17 heavy (non-hydrogen) atoms. The molecular weight excluding hydrogens is 214 g/mol. The highest BCUT2D eigenvalue weighted by Gasteiger charge is 2.20. The van der Waals surface area contributed by atoms with Gasteiger partial charge in [0.15, 0.2) is 0 Å². The molecule has 2 N–H and O–H groups in total. The van der Waals surface area contributed by atoms with E-state index in [4.69, 9.17) is 10.5 Å². The Kier molecular flexibility index (Phi) is 4.34. The molecule has 0 amide bonds. The summed E-state index contributed by atoms with van der Waals surface area (Å²) < 4.78 is 5.66. The van der Waals surface area contributed by atoms with Crippen molar-refractivity contribution in [3.63, 3.8) is 0 Å². The van der Waals surface area contributed by atoms with E-state index in [0.29, 0.717) is 19.3 Å². The number of rotatable bonds is 4. The minimum absolute atomic E-state index is 0.375. The van der Waals surface area contributed by atoms with E-state index in [1.54, 1.807) is 0 Å². The van der Waals surface area contributed by atoms with E-state index in [1.807, 2.05) is 6.20 Å². The lowest BCUT2D eigenvalue weighted by atomic mass is 10.1. The smallest absolute Gasteiger partial charge is 0.128 e. The summed E-state index contributed by atoms with van der Waals surface area (Å²) in [5.41, 5.74) is 6.64. The van der Waals surface area contributed by atoms with Crippen molar-refractivity contribution in [3.8, 4) is 0 Å².